The highest BCUT2D eigenvalue weighted by atomic mass is 16.2. The van der Waals surface area contributed by atoms with E-state index in [0.717, 1.165) is 22.5 Å². The number of benzene rings is 2. The minimum absolute atomic E-state index is 0.00100. The van der Waals surface area contributed by atoms with Gasteiger partial charge in [-0.3, -0.25) is 24.6 Å². The molecule has 1 aliphatic heterocycles. The Hall–Kier alpha value is -5.23. The fraction of sp³-hybridized carbons (Fsp3) is 0.258. The van der Waals surface area contributed by atoms with Crippen LogP contribution in [-0.4, -0.2) is 68.6 Å². The average Bonchev–Trinajstić information content (AvgIpc) is 3.67. The molecule has 3 heterocycles. The minimum atomic E-state index is -0.556. The molecule has 0 saturated carbocycles. The maximum atomic E-state index is 13.1. The maximum Gasteiger partial charge on any atom is 0.255 e. The van der Waals surface area contributed by atoms with Crippen molar-refractivity contribution in [2.24, 2.45) is 0 Å². The Balaban J connectivity index is 1.21. The van der Waals surface area contributed by atoms with Gasteiger partial charge in [0, 0.05) is 47.0 Å². The van der Waals surface area contributed by atoms with Crippen LogP contribution in [0, 0.1) is 0 Å². The summed E-state index contributed by atoms with van der Waals surface area (Å²) in [5, 5.41) is 23.3. The molecule has 5 rings (SSSR count). The van der Waals surface area contributed by atoms with Crippen LogP contribution in [0.25, 0.3) is 0 Å². The van der Waals surface area contributed by atoms with Gasteiger partial charge in [0.05, 0.1) is 30.4 Å². The number of aromatic nitrogens is 4. The van der Waals surface area contributed by atoms with E-state index in [4.69, 9.17) is 0 Å². The standard InChI is InChI=1S/C31H35N9O3/c1-31(2)28-25(19-40(31)27(42)15-20-17-32-33-18-20)29(38-37-28)35-23-7-5-8-24(16-23)36-30(43)21-10-12-22(13-11-21)34-26(41)9-6-14-39(3)4/h5-13,16-18H,14-15,19H2,1-4H3,(H,32,33)(H,34,41)(H,36,43)(H2,35,37,38)/b9-6+. The first kappa shape index (κ1) is 29.3. The van der Waals surface area contributed by atoms with Gasteiger partial charge >= 0.3 is 0 Å². The largest absolute Gasteiger partial charge is 0.338 e. The number of carbonyl (C=O) groups excluding carboxylic acids is 3. The van der Waals surface area contributed by atoms with Gasteiger partial charge in [0.15, 0.2) is 5.82 Å². The lowest BCUT2D eigenvalue weighted by Gasteiger charge is -2.31. The molecule has 2 aromatic carbocycles. The number of amides is 3. The van der Waals surface area contributed by atoms with Crippen molar-refractivity contribution in [3.8, 4) is 0 Å². The molecule has 0 spiro atoms. The molecule has 0 bridgehead atoms. The summed E-state index contributed by atoms with van der Waals surface area (Å²) in [5.41, 5.74) is 4.45. The van der Waals surface area contributed by atoms with Crippen molar-refractivity contribution in [3.05, 3.63) is 95.5 Å². The molecule has 4 aromatic rings. The maximum absolute atomic E-state index is 13.1. The monoisotopic (exact) mass is 581 g/mol. The molecular formula is C31H35N9O3. The first-order valence-corrected chi connectivity index (χ1v) is 13.9. The highest BCUT2D eigenvalue weighted by Gasteiger charge is 2.43. The zero-order valence-electron chi connectivity index (χ0n) is 24.6. The molecule has 0 atom stereocenters. The average molecular weight is 582 g/mol. The topological polar surface area (TPSA) is 151 Å². The van der Waals surface area contributed by atoms with Gasteiger partial charge in [-0.1, -0.05) is 12.1 Å². The lowest BCUT2D eigenvalue weighted by Crippen LogP contribution is -2.41. The van der Waals surface area contributed by atoms with Crippen LogP contribution in [0.15, 0.2) is 73.1 Å². The summed E-state index contributed by atoms with van der Waals surface area (Å²) in [5.74, 6) is 0.108. The molecule has 0 unspecified atom stereocenters. The van der Waals surface area contributed by atoms with Crippen LogP contribution in [0.2, 0.25) is 0 Å². The first-order valence-electron chi connectivity index (χ1n) is 13.9. The van der Waals surface area contributed by atoms with Crippen molar-refractivity contribution >= 4 is 40.6 Å². The molecule has 1 aliphatic rings. The summed E-state index contributed by atoms with van der Waals surface area (Å²) in [6.07, 6.45) is 6.90. The fourth-order valence-corrected chi connectivity index (χ4v) is 4.94. The quantitative estimate of drug-likeness (QED) is 0.178. The highest BCUT2D eigenvalue weighted by Crippen LogP contribution is 2.41. The molecular weight excluding hydrogens is 546 g/mol. The number of H-pyrrole nitrogens is 2. The fourth-order valence-electron chi connectivity index (χ4n) is 4.94. The summed E-state index contributed by atoms with van der Waals surface area (Å²) >= 11 is 0. The Kier molecular flexibility index (Phi) is 8.39. The van der Waals surface area contributed by atoms with Crippen molar-refractivity contribution in [3.63, 3.8) is 0 Å². The van der Waals surface area contributed by atoms with E-state index in [-0.39, 0.29) is 24.1 Å². The molecule has 0 fully saturated rings. The van der Waals surface area contributed by atoms with E-state index in [2.05, 4.69) is 36.3 Å². The Morgan fingerprint density at radius 2 is 1.81 bits per heavy atom. The van der Waals surface area contributed by atoms with Crippen LogP contribution in [0.3, 0.4) is 0 Å². The zero-order valence-corrected chi connectivity index (χ0v) is 24.6. The van der Waals surface area contributed by atoms with E-state index in [1.807, 2.05) is 55.9 Å². The van der Waals surface area contributed by atoms with E-state index in [1.165, 1.54) is 6.08 Å². The predicted molar refractivity (Wildman–Crippen MR) is 165 cm³/mol. The number of rotatable bonds is 10. The van der Waals surface area contributed by atoms with Crippen molar-refractivity contribution in [2.45, 2.75) is 32.4 Å². The van der Waals surface area contributed by atoms with Gasteiger partial charge in [0.1, 0.15) is 0 Å². The number of fused-ring (bicyclic) bond motifs is 1. The summed E-state index contributed by atoms with van der Waals surface area (Å²) in [6.45, 7) is 5.07. The van der Waals surface area contributed by atoms with Crippen LogP contribution in [-0.2, 0) is 28.1 Å². The van der Waals surface area contributed by atoms with E-state index >= 15 is 0 Å². The van der Waals surface area contributed by atoms with E-state index in [0.29, 0.717) is 35.8 Å². The van der Waals surface area contributed by atoms with Crippen molar-refractivity contribution in [1.29, 1.82) is 0 Å². The van der Waals surface area contributed by atoms with Gasteiger partial charge in [-0.2, -0.15) is 10.2 Å². The third-order valence-electron chi connectivity index (χ3n) is 7.22. The number of likely N-dealkylation sites (N-methyl/N-ethyl adjacent to an activating group) is 1. The van der Waals surface area contributed by atoms with Crippen molar-refractivity contribution < 1.29 is 14.4 Å². The number of hydrogen-bond donors (Lipinski definition) is 5. The van der Waals surface area contributed by atoms with Crippen LogP contribution < -0.4 is 16.0 Å². The first-order chi connectivity index (χ1) is 20.6. The van der Waals surface area contributed by atoms with Gasteiger partial charge in [0.2, 0.25) is 11.8 Å². The number of anilines is 4. The smallest absolute Gasteiger partial charge is 0.255 e. The lowest BCUT2D eigenvalue weighted by molar-refractivity contribution is -0.136. The second-order valence-corrected chi connectivity index (χ2v) is 11.1. The summed E-state index contributed by atoms with van der Waals surface area (Å²) in [4.78, 5) is 41.9. The summed E-state index contributed by atoms with van der Waals surface area (Å²) < 4.78 is 0. The van der Waals surface area contributed by atoms with E-state index < -0.39 is 5.54 Å². The summed E-state index contributed by atoms with van der Waals surface area (Å²) in [6, 6.07) is 14.0. The van der Waals surface area contributed by atoms with Gasteiger partial charge in [-0.05, 0) is 76.0 Å². The Labute approximate surface area is 249 Å². The van der Waals surface area contributed by atoms with Crippen LogP contribution in [0.5, 0.6) is 0 Å². The number of aromatic amines is 2. The van der Waals surface area contributed by atoms with Gasteiger partial charge in [-0.15, -0.1) is 0 Å². The van der Waals surface area contributed by atoms with Crippen molar-refractivity contribution in [1.82, 2.24) is 30.2 Å². The molecule has 0 saturated heterocycles. The molecule has 0 radical (unpaired) electrons. The molecule has 222 valence electrons. The molecule has 43 heavy (non-hydrogen) atoms. The van der Waals surface area contributed by atoms with Crippen LogP contribution in [0.4, 0.5) is 22.9 Å². The van der Waals surface area contributed by atoms with Crippen LogP contribution >= 0.6 is 0 Å². The minimum Gasteiger partial charge on any atom is -0.338 e. The zero-order chi connectivity index (χ0) is 30.6. The Morgan fingerprint density at radius 1 is 1.05 bits per heavy atom. The number of nitrogens with one attached hydrogen (secondary N) is 5. The Bertz CT molecular complexity index is 1640. The van der Waals surface area contributed by atoms with E-state index in [9.17, 15) is 14.4 Å². The van der Waals surface area contributed by atoms with Gasteiger partial charge < -0.3 is 25.8 Å². The van der Waals surface area contributed by atoms with Gasteiger partial charge in [0.25, 0.3) is 5.91 Å². The second-order valence-electron chi connectivity index (χ2n) is 11.1. The molecule has 12 heteroatoms. The third-order valence-corrected chi connectivity index (χ3v) is 7.22. The van der Waals surface area contributed by atoms with Gasteiger partial charge in [-0.25, -0.2) is 0 Å². The predicted octanol–water partition coefficient (Wildman–Crippen LogP) is 4.01. The summed E-state index contributed by atoms with van der Waals surface area (Å²) in [7, 11) is 3.85. The number of nitrogens with zero attached hydrogens (tertiary/aromatic N) is 4. The second kappa shape index (κ2) is 12.3. The molecule has 5 N–H and O–H groups in total. The number of carbonyl (C=O) groups is 3. The Morgan fingerprint density at radius 3 is 2.53 bits per heavy atom. The van der Waals surface area contributed by atoms with E-state index in [1.54, 1.807) is 48.8 Å². The third kappa shape index (κ3) is 6.81. The lowest BCUT2D eigenvalue weighted by atomic mass is 10.00. The molecule has 12 nitrogen and oxygen atoms in total. The molecule has 0 aliphatic carbocycles. The SMILES string of the molecule is CN(C)C/C=C/C(=O)Nc1ccc(C(=O)Nc2cccc(Nc3n[nH]c4c3CN(C(=O)Cc3cn[nH]c3)C4(C)C)c2)cc1. The molecule has 3 amide bonds. The highest BCUT2D eigenvalue weighted by molar-refractivity contribution is 6.05. The van der Waals surface area contributed by atoms with Crippen molar-refractivity contribution in [2.75, 3.05) is 36.6 Å². The number of hydrogen-bond acceptors (Lipinski definition) is 7. The normalized spacial score (nSPS) is 13.7. The van der Waals surface area contributed by atoms with Crippen LogP contribution in [0.1, 0.15) is 41.0 Å². The molecule has 2 aromatic heterocycles.